The minimum atomic E-state index is -1.20. The highest BCUT2D eigenvalue weighted by molar-refractivity contribution is 5.71. The lowest BCUT2D eigenvalue weighted by Gasteiger charge is -2.02. The molecule has 1 atom stereocenters. The third-order valence-electron chi connectivity index (χ3n) is 3.52. The van der Waals surface area contributed by atoms with Gasteiger partial charge in [-0.25, -0.2) is 4.79 Å². The zero-order valence-electron chi connectivity index (χ0n) is 13.0. The standard InChI is InChI=1S/C17H32O3/c1-2-3-4-5-6-7-8-9-10-11-12-13-14-15-16(18)17(19)20/h11-12,16,18H,2-10,13-15H2,1H3,(H,19,20)/b12-11-. The molecule has 0 amide bonds. The molecule has 3 nitrogen and oxygen atoms in total. The first kappa shape index (κ1) is 19.2. The second-order valence-electron chi connectivity index (χ2n) is 5.52. The van der Waals surface area contributed by atoms with E-state index < -0.39 is 12.1 Å². The monoisotopic (exact) mass is 284 g/mol. The lowest BCUT2D eigenvalue weighted by atomic mass is 10.1. The minimum Gasteiger partial charge on any atom is -0.479 e. The Balaban J connectivity index is 3.18. The summed E-state index contributed by atoms with van der Waals surface area (Å²) in [6.45, 7) is 2.24. The fraction of sp³-hybridized carbons (Fsp3) is 0.824. The molecule has 3 heteroatoms. The highest BCUT2D eigenvalue weighted by Gasteiger charge is 2.10. The Morgan fingerprint density at radius 1 is 0.900 bits per heavy atom. The molecular weight excluding hydrogens is 252 g/mol. The van der Waals surface area contributed by atoms with Gasteiger partial charge in [0, 0.05) is 0 Å². The van der Waals surface area contributed by atoms with Crippen molar-refractivity contribution in [1.29, 1.82) is 0 Å². The number of aliphatic carboxylic acids is 1. The molecule has 0 saturated heterocycles. The normalized spacial score (nSPS) is 12.9. The third kappa shape index (κ3) is 13.6. The summed E-state index contributed by atoms with van der Waals surface area (Å²) in [6.07, 6.45) is 16.9. The van der Waals surface area contributed by atoms with Crippen LogP contribution in [0.3, 0.4) is 0 Å². The Morgan fingerprint density at radius 3 is 1.95 bits per heavy atom. The third-order valence-corrected chi connectivity index (χ3v) is 3.52. The zero-order valence-corrected chi connectivity index (χ0v) is 13.0. The Morgan fingerprint density at radius 2 is 1.40 bits per heavy atom. The molecule has 0 fully saturated rings. The number of carboxylic acid groups (broad SMARTS) is 1. The van der Waals surface area contributed by atoms with E-state index in [1.54, 1.807) is 0 Å². The highest BCUT2D eigenvalue weighted by atomic mass is 16.4. The number of allylic oxidation sites excluding steroid dienone is 2. The molecule has 20 heavy (non-hydrogen) atoms. The van der Waals surface area contributed by atoms with Crippen LogP contribution in [-0.4, -0.2) is 22.3 Å². The number of aliphatic hydroxyl groups excluding tert-OH is 1. The van der Waals surface area contributed by atoms with Crippen LogP contribution in [0.25, 0.3) is 0 Å². The van der Waals surface area contributed by atoms with Crippen LogP contribution in [0.1, 0.15) is 84.0 Å². The van der Waals surface area contributed by atoms with Gasteiger partial charge in [-0.15, -0.1) is 0 Å². The molecule has 0 aromatic rings. The van der Waals surface area contributed by atoms with Crippen molar-refractivity contribution in [3.8, 4) is 0 Å². The molecule has 0 saturated carbocycles. The summed E-state index contributed by atoms with van der Waals surface area (Å²) in [4.78, 5) is 10.4. The average Bonchev–Trinajstić information content (AvgIpc) is 2.43. The fourth-order valence-corrected chi connectivity index (χ4v) is 2.18. The number of carboxylic acids is 1. The Bertz CT molecular complexity index is 249. The van der Waals surface area contributed by atoms with E-state index in [9.17, 15) is 4.79 Å². The Hall–Kier alpha value is -0.830. The Kier molecular flexibility index (Phi) is 14.0. The molecule has 0 heterocycles. The van der Waals surface area contributed by atoms with E-state index in [1.807, 2.05) is 0 Å². The van der Waals surface area contributed by atoms with Crippen molar-refractivity contribution in [3.63, 3.8) is 0 Å². The summed E-state index contributed by atoms with van der Waals surface area (Å²) >= 11 is 0. The lowest BCUT2D eigenvalue weighted by molar-refractivity contribution is -0.146. The smallest absolute Gasteiger partial charge is 0.332 e. The number of hydrogen-bond donors (Lipinski definition) is 2. The van der Waals surface area contributed by atoms with Gasteiger partial charge in [-0.05, 0) is 32.1 Å². The van der Waals surface area contributed by atoms with E-state index >= 15 is 0 Å². The number of unbranched alkanes of at least 4 members (excludes halogenated alkanes) is 9. The molecule has 0 spiro atoms. The molecular formula is C17H32O3. The van der Waals surface area contributed by atoms with Crippen molar-refractivity contribution in [2.24, 2.45) is 0 Å². The largest absolute Gasteiger partial charge is 0.479 e. The van der Waals surface area contributed by atoms with Crippen LogP contribution >= 0.6 is 0 Å². The molecule has 0 aromatic heterocycles. The van der Waals surface area contributed by atoms with E-state index in [-0.39, 0.29) is 0 Å². The number of rotatable bonds is 14. The summed E-state index contributed by atoms with van der Waals surface area (Å²) in [6, 6.07) is 0. The van der Waals surface area contributed by atoms with Crippen molar-refractivity contribution < 1.29 is 15.0 Å². The first-order chi connectivity index (χ1) is 9.68. The maximum atomic E-state index is 10.4. The molecule has 1 unspecified atom stereocenters. The van der Waals surface area contributed by atoms with Gasteiger partial charge in [0.2, 0.25) is 0 Å². The van der Waals surface area contributed by atoms with Crippen LogP contribution in [0.5, 0.6) is 0 Å². The van der Waals surface area contributed by atoms with Crippen LogP contribution in [-0.2, 0) is 4.79 Å². The summed E-state index contributed by atoms with van der Waals surface area (Å²) in [5, 5.41) is 17.6. The number of hydrogen-bond acceptors (Lipinski definition) is 2. The van der Waals surface area contributed by atoms with Gasteiger partial charge in [0.1, 0.15) is 0 Å². The van der Waals surface area contributed by atoms with Gasteiger partial charge in [0.15, 0.2) is 6.10 Å². The van der Waals surface area contributed by atoms with Crippen molar-refractivity contribution in [2.45, 2.75) is 90.1 Å². The predicted octanol–water partition coefficient (Wildman–Crippen LogP) is 4.69. The fourth-order valence-electron chi connectivity index (χ4n) is 2.18. The zero-order chi connectivity index (χ0) is 15.1. The molecule has 0 aliphatic heterocycles. The van der Waals surface area contributed by atoms with Gasteiger partial charge in [0.25, 0.3) is 0 Å². The summed E-state index contributed by atoms with van der Waals surface area (Å²) in [5.74, 6) is -1.12. The van der Waals surface area contributed by atoms with Gasteiger partial charge in [-0.2, -0.15) is 0 Å². The summed E-state index contributed by atoms with van der Waals surface area (Å²) < 4.78 is 0. The van der Waals surface area contributed by atoms with E-state index in [2.05, 4.69) is 19.1 Å². The molecule has 118 valence electrons. The SMILES string of the molecule is CCCCCCCCCC/C=C\CCCC(O)C(=O)O. The van der Waals surface area contributed by atoms with E-state index in [1.165, 1.54) is 51.4 Å². The summed E-state index contributed by atoms with van der Waals surface area (Å²) in [5.41, 5.74) is 0. The maximum absolute atomic E-state index is 10.4. The van der Waals surface area contributed by atoms with Crippen LogP contribution in [0, 0.1) is 0 Å². The molecule has 0 bridgehead atoms. The average molecular weight is 284 g/mol. The van der Waals surface area contributed by atoms with Crippen molar-refractivity contribution in [3.05, 3.63) is 12.2 Å². The first-order valence-electron chi connectivity index (χ1n) is 8.24. The molecule has 0 aliphatic carbocycles. The molecule has 0 radical (unpaired) electrons. The molecule has 0 aliphatic rings. The van der Waals surface area contributed by atoms with E-state index in [4.69, 9.17) is 10.2 Å². The Labute approximate surface area is 124 Å². The minimum absolute atomic E-state index is 0.345. The molecule has 2 N–H and O–H groups in total. The van der Waals surface area contributed by atoms with Gasteiger partial charge in [-0.1, -0.05) is 64.0 Å². The highest BCUT2D eigenvalue weighted by Crippen LogP contribution is 2.10. The number of carbonyl (C=O) groups is 1. The maximum Gasteiger partial charge on any atom is 0.332 e. The van der Waals surface area contributed by atoms with Crippen LogP contribution in [0.15, 0.2) is 12.2 Å². The lowest BCUT2D eigenvalue weighted by Crippen LogP contribution is -2.18. The van der Waals surface area contributed by atoms with Crippen molar-refractivity contribution in [1.82, 2.24) is 0 Å². The van der Waals surface area contributed by atoms with Crippen LogP contribution in [0.2, 0.25) is 0 Å². The molecule has 0 aromatic carbocycles. The van der Waals surface area contributed by atoms with E-state index in [0.29, 0.717) is 6.42 Å². The second kappa shape index (κ2) is 14.6. The number of aliphatic hydroxyl groups is 1. The quantitative estimate of drug-likeness (QED) is 0.359. The first-order valence-corrected chi connectivity index (χ1v) is 8.24. The van der Waals surface area contributed by atoms with Gasteiger partial charge < -0.3 is 10.2 Å². The summed E-state index contributed by atoms with van der Waals surface area (Å²) in [7, 11) is 0. The second-order valence-corrected chi connectivity index (χ2v) is 5.52. The van der Waals surface area contributed by atoms with E-state index in [0.717, 1.165) is 19.3 Å². The van der Waals surface area contributed by atoms with Gasteiger partial charge in [-0.3, -0.25) is 0 Å². The van der Waals surface area contributed by atoms with Crippen LogP contribution < -0.4 is 0 Å². The van der Waals surface area contributed by atoms with Gasteiger partial charge >= 0.3 is 5.97 Å². The molecule has 0 rings (SSSR count). The topological polar surface area (TPSA) is 57.5 Å². The van der Waals surface area contributed by atoms with Crippen LogP contribution in [0.4, 0.5) is 0 Å². The van der Waals surface area contributed by atoms with Crippen molar-refractivity contribution >= 4 is 5.97 Å². The predicted molar refractivity (Wildman–Crippen MR) is 83.9 cm³/mol. The van der Waals surface area contributed by atoms with Gasteiger partial charge in [0.05, 0.1) is 0 Å². The van der Waals surface area contributed by atoms with Crippen molar-refractivity contribution in [2.75, 3.05) is 0 Å².